The van der Waals surface area contributed by atoms with Crippen LogP contribution >= 0.6 is 0 Å². The van der Waals surface area contributed by atoms with Gasteiger partial charge in [-0.25, -0.2) is 0 Å². The Kier molecular flexibility index (Phi) is 14.7. The summed E-state index contributed by atoms with van der Waals surface area (Å²) < 4.78 is 0. The van der Waals surface area contributed by atoms with Crippen molar-refractivity contribution < 1.29 is 0 Å². The summed E-state index contributed by atoms with van der Waals surface area (Å²) >= 11 is 0. The van der Waals surface area contributed by atoms with E-state index in [0.717, 1.165) is 61.9 Å². The maximum absolute atomic E-state index is 2.60. The Morgan fingerprint density at radius 2 is 0.449 bits per heavy atom. The summed E-state index contributed by atoms with van der Waals surface area (Å²) in [6.07, 6.45) is 0. The van der Waals surface area contributed by atoms with Crippen LogP contribution < -0.4 is 9.80 Å². The number of nitrogens with zero attached hydrogens (tertiary/aromatic N) is 2. The van der Waals surface area contributed by atoms with Crippen molar-refractivity contribution in [3.8, 4) is 122 Å². The van der Waals surface area contributed by atoms with Gasteiger partial charge in [0, 0.05) is 44.5 Å². The fourth-order valence-corrected chi connectivity index (χ4v) is 22.5. The van der Waals surface area contributed by atoms with Gasteiger partial charge in [-0.15, -0.1) is 0 Å². The van der Waals surface area contributed by atoms with Gasteiger partial charge in [-0.05, 0) is 222 Å². The van der Waals surface area contributed by atoms with E-state index in [4.69, 9.17) is 0 Å². The first-order chi connectivity index (χ1) is 58.1. The summed E-state index contributed by atoms with van der Waals surface area (Å²) in [5.74, 6) is 0. The third-order valence-corrected chi connectivity index (χ3v) is 27.5. The summed E-state index contributed by atoms with van der Waals surface area (Å²) in [6.45, 7) is 9.59. The van der Waals surface area contributed by atoms with Gasteiger partial charge in [-0.2, -0.15) is 0 Å². The third-order valence-electron chi connectivity index (χ3n) is 27.5. The summed E-state index contributed by atoms with van der Waals surface area (Å²) in [5, 5.41) is 0. The van der Waals surface area contributed by atoms with Gasteiger partial charge < -0.3 is 9.80 Å². The summed E-state index contributed by atoms with van der Waals surface area (Å²) in [5.41, 5.74) is 48.1. The fraction of sp³-hybridized carbons (Fsp3) is 0.0690. The molecule has 18 aromatic rings. The molecule has 2 spiro atoms. The van der Waals surface area contributed by atoms with E-state index in [0.29, 0.717) is 0 Å². The SMILES string of the molecule is CC1(C)c2ccccc2-c2ccc(N(c3ccccc3-c3cccc(-c4ccc(-c5cccc6c5-c5ccccc5C65c6ccccc6-c6c(N(c7ccc8c(c7)C(C)(C)c7ccccc7-8)c7ccccc7-c7ccccc7-c7ccccc7)cccc65)cc4)c3)c3cccc4c3-c3ccccc3C43c4ccccc4-c4ccccc43)cc21. The Hall–Kier alpha value is -14.4. The second-order valence-corrected chi connectivity index (χ2v) is 33.9. The molecule has 2 nitrogen and oxygen atoms in total. The average Bonchev–Trinajstić information content (AvgIpc) is 1.50. The number of fused-ring (bicyclic) bond motifs is 26. The number of anilines is 6. The van der Waals surface area contributed by atoms with Gasteiger partial charge >= 0.3 is 0 Å². The second kappa shape index (κ2) is 25.5. The highest BCUT2D eigenvalue weighted by Gasteiger charge is 2.55. The monoisotopic (exact) mass is 1500 g/mol. The molecule has 24 rings (SSSR count). The molecule has 0 aromatic heterocycles. The lowest BCUT2D eigenvalue weighted by atomic mass is 9.70. The maximum Gasteiger partial charge on any atom is 0.0726 e. The van der Waals surface area contributed by atoms with Crippen LogP contribution in [0.3, 0.4) is 0 Å². The van der Waals surface area contributed by atoms with Gasteiger partial charge in [0.15, 0.2) is 0 Å². The molecule has 0 radical (unpaired) electrons. The van der Waals surface area contributed by atoms with Gasteiger partial charge in [0.2, 0.25) is 0 Å². The summed E-state index contributed by atoms with van der Waals surface area (Å²) in [7, 11) is 0. The van der Waals surface area contributed by atoms with Crippen LogP contribution in [0.5, 0.6) is 0 Å². The van der Waals surface area contributed by atoms with Crippen molar-refractivity contribution in [1.82, 2.24) is 0 Å². The van der Waals surface area contributed by atoms with E-state index in [9.17, 15) is 0 Å². The summed E-state index contributed by atoms with van der Waals surface area (Å²) in [6, 6.07) is 157. The minimum atomic E-state index is -0.645. The molecule has 0 fully saturated rings. The lowest BCUT2D eigenvalue weighted by Crippen LogP contribution is -2.26. The molecule has 0 saturated heterocycles. The predicted molar refractivity (Wildman–Crippen MR) is 491 cm³/mol. The van der Waals surface area contributed by atoms with Crippen LogP contribution in [-0.4, -0.2) is 0 Å². The quantitative estimate of drug-likeness (QED) is 0.127. The van der Waals surface area contributed by atoms with Crippen LogP contribution in [-0.2, 0) is 21.7 Å². The third kappa shape index (κ3) is 9.34. The smallest absolute Gasteiger partial charge is 0.0726 e. The molecule has 0 saturated carbocycles. The van der Waals surface area contributed by atoms with Gasteiger partial charge in [0.05, 0.1) is 33.6 Å². The van der Waals surface area contributed by atoms with E-state index in [1.54, 1.807) is 0 Å². The van der Waals surface area contributed by atoms with Crippen molar-refractivity contribution >= 4 is 34.1 Å². The number of hydrogen-bond donors (Lipinski definition) is 0. The normalized spacial score (nSPS) is 15.2. The highest BCUT2D eigenvalue weighted by atomic mass is 15.2. The van der Waals surface area contributed by atoms with Gasteiger partial charge in [0.1, 0.15) is 0 Å². The first kappa shape index (κ1) is 68.0. The maximum atomic E-state index is 2.60. The summed E-state index contributed by atoms with van der Waals surface area (Å²) in [4.78, 5) is 5.19. The van der Waals surface area contributed by atoms with Crippen LogP contribution in [0.1, 0.15) is 94.5 Å². The van der Waals surface area contributed by atoms with E-state index < -0.39 is 10.8 Å². The van der Waals surface area contributed by atoms with E-state index in [2.05, 4.69) is 450 Å². The van der Waals surface area contributed by atoms with E-state index >= 15 is 0 Å². The Morgan fingerprint density at radius 3 is 0.958 bits per heavy atom. The zero-order valence-electron chi connectivity index (χ0n) is 66.2. The standard InChI is InChI=1S/C116H80N2/c1-113(2)94-48-19-10-39-84(94)88-68-66-78(71-104(88)113)117(108-60-30-56-102-111(108)92-45-15-24-53-99(92)115(102)96-50-21-12-41-86(96)87-42-13-22-51-97(87)115)106-58-26-17-37-81(106)77-35-28-34-76(70-77)73-62-64-75(65-63-73)82-47-29-55-101-110(82)91-44-14-23-52-98(91)116(101)100-54-25-16-46-93(100)112-103(116)57-31-61-109(112)118(79-67-69-89-85-40-11-20-49-95(85)114(3,4)105(89)72-79)107-59-27-18-43-90(107)83-38-9-8-36-80(83)74-32-6-5-7-33-74/h5-72H,1-4H3. The number of para-hydroxylation sites is 2. The molecule has 6 aliphatic rings. The highest BCUT2D eigenvalue weighted by Crippen LogP contribution is 2.69. The Labute approximate surface area is 690 Å². The average molecular weight is 1500 g/mol. The van der Waals surface area contributed by atoms with Crippen LogP contribution in [0.25, 0.3) is 122 Å². The first-order valence-electron chi connectivity index (χ1n) is 41.6. The Balaban J connectivity index is 0.638. The minimum absolute atomic E-state index is 0.220. The molecule has 6 aliphatic carbocycles. The van der Waals surface area contributed by atoms with Crippen molar-refractivity contribution in [2.45, 2.75) is 49.4 Å². The van der Waals surface area contributed by atoms with E-state index in [-0.39, 0.29) is 10.8 Å². The Bertz CT molecular complexity index is 7230. The molecule has 0 amide bonds. The van der Waals surface area contributed by atoms with Crippen molar-refractivity contribution in [3.05, 3.63) is 479 Å². The second-order valence-electron chi connectivity index (χ2n) is 33.9. The predicted octanol–water partition coefficient (Wildman–Crippen LogP) is 30.3. The van der Waals surface area contributed by atoms with Crippen LogP contribution in [0.15, 0.2) is 413 Å². The number of benzene rings is 18. The first-order valence-corrected chi connectivity index (χ1v) is 41.6. The number of rotatable bonds is 11. The zero-order valence-corrected chi connectivity index (χ0v) is 66.2. The van der Waals surface area contributed by atoms with Gasteiger partial charge in [0.25, 0.3) is 0 Å². The molecule has 1 unspecified atom stereocenters. The van der Waals surface area contributed by atoms with Gasteiger partial charge in [-0.1, -0.05) is 386 Å². The largest absolute Gasteiger partial charge is 0.309 e. The van der Waals surface area contributed by atoms with E-state index in [1.807, 2.05) is 0 Å². The molecule has 0 N–H and O–H groups in total. The van der Waals surface area contributed by atoms with E-state index in [1.165, 1.54) is 161 Å². The molecule has 118 heavy (non-hydrogen) atoms. The van der Waals surface area contributed by atoms with Crippen molar-refractivity contribution in [2.24, 2.45) is 0 Å². The lowest BCUT2D eigenvalue weighted by Gasteiger charge is -2.33. The van der Waals surface area contributed by atoms with Crippen LogP contribution in [0.4, 0.5) is 34.1 Å². The van der Waals surface area contributed by atoms with Crippen molar-refractivity contribution in [1.29, 1.82) is 0 Å². The number of hydrogen-bond acceptors (Lipinski definition) is 2. The lowest BCUT2D eigenvalue weighted by molar-refractivity contribution is 0.660. The molecule has 0 aliphatic heterocycles. The molecule has 2 heteroatoms. The molecule has 0 heterocycles. The molecule has 1 atom stereocenters. The highest BCUT2D eigenvalue weighted by molar-refractivity contribution is 6.08. The van der Waals surface area contributed by atoms with Gasteiger partial charge in [-0.3, -0.25) is 0 Å². The molecule has 554 valence electrons. The molecule has 0 bridgehead atoms. The molecular formula is C116H80N2. The molecule has 18 aromatic carbocycles. The van der Waals surface area contributed by atoms with Crippen molar-refractivity contribution in [2.75, 3.05) is 9.80 Å². The minimum Gasteiger partial charge on any atom is -0.309 e. The Morgan fingerprint density at radius 1 is 0.153 bits per heavy atom. The van der Waals surface area contributed by atoms with Crippen LogP contribution in [0.2, 0.25) is 0 Å². The topological polar surface area (TPSA) is 6.48 Å². The fourth-order valence-electron chi connectivity index (χ4n) is 22.5. The zero-order chi connectivity index (χ0) is 78.3. The van der Waals surface area contributed by atoms with Crippen molar-refractivity contribution in [3.63, 3.8) is 0 Å². The molecular weight excluding hydrogens is 1420 g/mol. The van der Waals surface area contributed by atoms with Crippen LogP contribution in [0, 0.1) is 0 Å².